The van der Waals surface area contributed by atoms with Crippen LogP contribution in [0.25, 0.3) is 0 Å². The number of nitrogens with zero attached hydrogens (tertiary/aromatic N) is 2. The summed E-state index contributed by atoms with van der Waals surface area (Å²) in [6, 6.07) is 4.53. The molecule has 0 bridgehead atoms. The standard InChI is InChI=1S/C12H10FN3OS/c1-7-2-3-8(13)9(6-7)17-12-10(11(14)18)15-4-5-16-12/h2-6H,1H3,(H2,14,18). The molecule has 2 N–H and O–H groups in total. The van der Waals surface area contributed by atoms with Gasteiger partial charge in [-0.15, -0.1) is 0 Å². The van der Waals surface area contributed by atoms with Crippen molar-refractivity contribution >= 4 is 17.2 Å². The summed E-state index contributed by atoms with van der Waals surface area (Å²) in [7, 11) is 0. The number of aromatic nitrogens is 2. The van der Waals surface area contributed by atoms with Gasteiger partial charge in [0.25, 0.3) is 0 Å². The van der Waals surface area contributed by atoms with E-state index in [1.807, 2.05) is 6.92 Å². The molecule has 1 aromatic carbocycles. The van der Waals surface area contributed by atoms with Crippen molar-refractivity contribution in [2.24, 2.45) is 5.73 Å². The van der Waals surface area contributed by atoms with Crippen LogP contribution in [0.2, 0.25) is 0 Å². The first-order chi connectivity index (χ1) is 8.58. The molecule has 92 valence electrons. The van der Waals surface area contributed by atoms with E-state index in [1.165, 1.54) is 18.5 Å². The smallest absolute Gasteiger partial charge is 0.248 e. The molecule has 0 radical (unpaired) electrons. The molecule has 2 rings (SSSR count). The second-order valence-corrected chi connectivity index (χ2v) is 4.05. The topological polar surface area (TPSA) is 61.0 Å². The van der Waals surface area contributed by atoms with E-state index in [2.05, 4.69) is 9.97 Å². The molecular formula is C12H10FN3OS. The number of hydrogen-bond donors (Lipinski definition) is 1. The molecule has 0 aliphatic carbocycles. The van der Waals surface area contributed by atoms with E-state index in [4.69, 9.17) is 22.7 Å². The fourth-order valence-corrected chi connectivity index (χ4v) is 1.50. The van der Waals surface area contributed by atoms with E-state index in [0.29, 0.717) is 0 Å². The Hall–Kier alpha value is -2.08. The van der Waals surface area contributed by atoms with Crippen LogP contribution in [0.3, 0.4) is 0 Å². The number of rotatable bonds is 3. The molecule has 0 unspecified atom stereocenters. The maximum atomic E-state index is 13.6. The maximum Gasteiger partial charge on any atom is 0.248 e. The van der Waals surface area contributed by atoms with E-state index >= 15 is 0 Å². The molecule has 0 saturated heterocycles. The van der Waals surface area contributed by atoms with Crippen molar-refractivity contribution in [2.45, 2.75) is 6.92 Å². The van der Waals surface area contributed by atoms with Crippen LogP contribution in [0, 0.1) is 12.7 Å². The summed E-state index contributed by atoms with van der Waals surface area (Å²) in [5.74, 6) is -0.331. The van der Waals surface area contributed by atoms with Gasteiger partial charge in [0, 0.05) is 12.4 Å². The zero-order valence-corrected chi connectivity index (χ0v) is 10.4. The number of hydrogen-bond acceptors (Lipinski definition) is 4. The van der Waals surface area contributed by atoms with Crippen molar-refractivity contribution in [3.63, 3.8) is 0 Å². The fraction of sp³-hybridized carbons (Fsp3) is 0.0833. The first kappa shape index (κ1) is 12.4. The Morgan fingerprint density at radius 3 is 2.78 bits per heavy atom. The van der Waals surface area contributed by atoms with Gasteiger partial charge in [-0.25, -0.2) is 14.4 Å². The predicted molar refractivity (Wildman–Crippen MR) is 69.1 cm³/mol. The van der Waals surface area contributed by atoms with Crippen molar-refractivity contribution in [2.75, 3.05) is 0 Å². The molecule has 0 amide bonds. The highest BCUT2D eigenvalue weighted by Crippen LogP contribution is 2.25. The van der Waals surface area contributed by atoms with Crippen LogP contribution in [0.15, 0.2) is 30.6 Å². The number of thiocarbonyl (C=S) groups is 1. The van der Waals surface area contributed by atoms with Crippen molar-refractivity contribution in [1.82, 2.24) is 9.97 Å². The highest BCUT2D eigenvalue weighted by atomic mass is 32.1. The average Bonchev–Trinajstić information content (AvgIpc) is 2.34. The van der Waals surface area contributed by atoms with Crippen molar-refractivity contribution in [3.05, 3.63) is 47.7 Å². The highest BCUT2D eigenvalue weighted by Gasteiger charge is 2.12. The number of nitrogens with two attached hydrogens (primary N) is 1. The highest BCUT2D eigenvalue weighted by molar-refractivity contribution is 7.80. The van der Waals surface area contributed by atoms with Crippen LogP contribution in [0.4, 0.5) is 4.39 Å². The minimum Gasteiger partial charge on any atom is -0.434 e. The molecule has 2 aromatic rings. The van der Waals surface area contributed by atoms with E-state index in [9.17, 15) is 4.39 Å². The lowest BCUT2D eigenvalue weighted by Gasteiger charge is -2.09. The first-order valence-corrected chi connectivity index (χ1v) is 5.53. The van der Waals surface area contributed by atoms with Gasteiger partial charge in [0.2, 0.25) is 5.88 Å². The van der Waals surface area contributed by atoms with Crippen molar-refractivity contribution in [1.29, 1.82) is 0 Å². The zero-order chi connectivity index (χ0) is 13.1. The number of ether oxygens (including phenoxy) is 1. The van der Waals surface area contributed by atoms with Crippen molar-refractivity contribution < 1.29 is 9.13 Å². The summed E-state index contributed by atoms with van der Waals surface area (Å²) in [5, 5.41) is 0. The Morgan fingerprint density at radius 1 is 1.33 bits per heavy atom. The molecule has 18 heavy (non-hydrogen) atoms. The Labute approximate surface area is 109 Å². The third-order valence-electron chi connectivity index (χ3n) is 2.19. The van der Waals surface area contributed by atoms with Crippen LogP contribution < -0.4 is 10.5 Å². The molecule has 0 fully saturated rings. The Balaban J connectivity index is 2.40. The fourth-order valence-electron chi connectivity index (χ4n) is 1.36. The van der Waals surface area contributed by atoms with Gasteiger partial charge in [0.05, 0.1) is 0 Å². The van der Waals surface area contributed by atoms with Crippen LogP contribution in [0.1, 0.15) is 11.3 Å². The third-order valence-corrected chi connectivity index (χ3v) is 2.38. The summed E-state index contributed by atoms with van der Waals surface area (Å²) in [6.45, 7) is 1.83. The molecule has 0 aliphatic rings. The lowest BCUT2D eigenvalue weighted by Crippen LogP contribution is -2.13. The molecule has 0 spiro atoms. The molecule has 0 saturated carbocycles. The molecule has 6 heteroatoms. The van der Waals surface area contributed by atoms with E-state index < -0.39 is 5.82 Å². The van der Waals surface area contributed by atoms with Gasteiger partial charge in [0.1, 0.15) is 4.99 Å². The van der Waals surface area contributed by atoms with Gasteiger partial charge >= 0.3 is 0 Å². The second kappa shape index (κ2) is 5.05. The van der Waals surface area contributed by atoms with Crippen LogP contribution in [-0.4, -0.2) is 15.0 Å². The van der Waals surface area contributed by atoms with Gasteiger partial charge in [-0.2, -0.15) is 0 Å². The van der Waals surface area contributed by atoms with Crippen LogP contribution in [-0.2, 0) is 0 Å². The second-order valence-electron chi connectivity index (χ2n) is 3.61. The third kappa shape index (κ3) is 2.60. The largest absolute Gasteiger partial charge is 0.434 e. The minimum absolute atomic E-state index is 0.0474. The molecule has 4 nitrogen and oxygen atoms in total. The first-order valence-electron chi connectivity index (χ1n) is 5.13. The lowest BCUT2D eigenvalue weighted by molar-refractivity contribution is 0.424. The summed E-state index contributed by atoms with van der Waals surface area (Å²) in [5.41, 5.74) is 6.59. The van der Waals surface area contributed by atoms with Gasteiger partial charge < -0.3 is 10.5 Å². The Bertz CT molecular complexity index is 604. The summed E-state index contributed by atoms with van der Waals surface area (Å²) >= 11 is 4.83. The van der Waals surface area contributed by atoms with Crippen LogP contribution >= 0.6 is 12.2 Å². The number of aryl methyl sites for hydroxylation is 1. The zero-order valence-electron chi connectivity index (χ0n) is 9.55. The van der Waals surface area contributed by atoms with Gasteiger partial charge in [0.15, 0.2) is 17.3 Å². The molecule has 1 aromatic heterocycles. The number of halogens is 1. The monoisotopic (exact) mass is 263 g/mol. The predicted octanol–water partition coefficient (Wildman–Crippen LogP) is 2.35. The summed E-state index contributed by atoms with van der Waals surface area (Å²) in [6.07, 6.45) is 2.86. The maximum absolute atomic E-state index is 13.6. The number of benzene rings is 1. The van der Waals surface area contributed by atoms with Crippen molar-refractivity contribution in [3.8, 4) is 11.6 Å². The Kier molecular flexibility index (Phi) is 3.47. The van der Waals surface area contributed by atoms with Gasteiger partial charge in [-0.05, 0) is 24.6 Å². The minimum atomic E-state index is -0.486. The quantitative estimate of drug-likeness (QED) is 0.861. The average molecular weight is 263 g/mol. The van der Waals surface area contributed by atoms with E-state index in [0.717, 1.165) is 5.56 Å². The normalized spacial score (nSPS) is 10.1. The summed E-state index contributed by atoms with van der Waals surface area (Å²) < 4.78 is 18.9. The molecule has 0 atom stereocenters. The molecular weight excluding hydrogens is 253 g/mol. The summed E-state index contributed by atoms with van der Waals surface area (Å²) in [4.78, 5) is 7.94. The molecule has 1 heterocycles. The van der Waals surface area contributed by atoms with E-state index in [1.54, 1.807) is 12.1 Å². The SMILES string of the molecule is Cc1ccc(F)c(Oc2nccnc2C(N)=S)c1. The van der Waals surface area contributed by atoms with Gasteiger partial charge in [-0.1, -0.05) is 18.3 Å². The van der Waals surface area contributed by atoms with E-state index in [-0.39, 0.29) is 22.3 Å². The van der Waals surface area contributed by atoms with Crippen LogP contribution in [0.5, 0.6) is 11.6 Å². The molecule has 0 aliphatic heterocycles. The van der Waals surface area contributed by atoms with Gasteiger partial charge in [-0.3, -0.25) is 0 Å². The lowest BCUT2D eigenvalue weighted by atomic mass is 10.2. The Morgan fingerprint density at radius 2 is 2.06 bits per heavy atom.